The topological polar surface area (TPSA) is 75.1 Å². The molecule has 0 aliphatic carbocycles. The number of anilines is 1. The summed E-state index contributed by atoms with van der Waals surface area (Å²) < 4.78 is 0. The van der Waals surface area contributed by atoms with E-state index < -0.39 is 5.97 Å². The predicted molar refractivity (Wildman–Crippen MR) is 90.8 cm³/mol. The number of rotatable bonds is 8. The van der Waals surface area contributed by atoms with E-state index in [1.807, 2.05) is 6.07 Å². The van der Waals surface area contributed by atoms with Crippen molar-refractivity contribution in [2.75, 3.05) is 17.6 Å². The van der Waals surface area contributed by atoms with Gasteiger partial charge in [-0.25, -0.2) is 9.97 Å². The molecule has 0 saturated heterocycles. The molecular formula is C15H19N3O2S2. The van der Waals surface area contributed by atoms with Crippen LogP contribution in [0.1, 0.15) is 24.3 Å². The summed E-state index contributed by atoms with van der Waals surface area (Å²) in [7, 11) is 0. The second kappa shape index (κ2) is 8.14. The van der Waals surface area contributed by atoms with E-state index in [9.17, 15) is 4.79 Å². The van der Waals surface area contributed by atoms with Crippen LogP contribution in [-0.2, 0) is 11.2 Å². The molecule has 2 N–H and O–H groups in total. The molecule has 2 heterocycles. The lowest BCUT2D eigenvalue weighted by atomic mass is 10.2. The smallest absolute Gasteiger partial charge is 0.313 e. The summed E-state index contributed by atoms with van der Waals surface area (Å²) in [5, 5.41) is 14.6. The molecule has 0 spiro atoms. The second-order valence-corrected chi connectivity index (χ2v) is 7.21. The molecule has 7 heteroatoms. The van der Waals surface area contributed by atoms with Crippen LogP contribution in [0.2, 0.25) is 0 Å². The molecule has 2 rings (SSSR count). The van der Waals surface area contributed by atoms with Crippen molar-refractivity contribution in [2.45, 2.75) is 25.4 Å². The monoisotopic (exact) mass is 337 g/mol. The van der Waals surface area contributed by atoms with E-state index in [4.69, 9.17) is 5.11 Å². The minimum Gasteiger partial charge on any atom is -0.481 e. The highest BCUT2D eigenvalue weighted by atomic mass is 32.2. The average molecular weight is 337 g/mol. The van der Waals surface area contributed by atoms with Crippen LogP contribution >= 0.6 is 23.1 Å². The van der Waals surface area contributed by atoms with Crippen molar-refractivity contribution >= 4 is 34.9 Å². The Labute approximate surface area is 138 Å². The van der Waals surface area contributed by atoms with Gasteiger partial charge in [0.2, 0.25) is 0 Å². The standard InChI is InChI=1S/C15H19N3O2S2/c1-10(2)7-16-14-11(6-12-4-3-5-21-12)8-17-15(18-14)22-9-13(19)20/h3-5,8,10H,6-7,9H2,1-2H3,(H,19,20)(H,16,17,18). The van der Waals surface area contributed by atoms with E-state index in [-0.39, 0.29) is 5.75 Å². The number of nitrogens with zero attached hydrogens (tertiary/aromatic N) is 2. The number of aliphatic carboxylic acids is 1. The molecule has 2 aromatic heterocycles. The maximum absolute atomic E-state index is 10.7. The zero-order chi connectivity index (χ0) is 15.9. The number of aromatic nitrogens is 2. The minimum absolute atomic E-state index is 0.0338. The Kier molecular flexibility index (Phi) is 6.21. The van der Waals surface area contributed by atoms with Gasteiger partial charge >= 0.3 is 5.97 Å². The summed E-state index contributed by atoms with van der Waals surface area (Å²) in [5.74, 6) is 0.395. The number of nitrogens with one attached hydrogen (secondary N) is 1. The average Bonchev–Trinajstić information content (AvgIpc) is 2.97. The lowest BCUT2D eigenvalue weighted by Gasteiger charge is -2.13. The summed E-state index contributed by atoms with van der Waals surface area (Å²) in [6.45, 7) is 5.08. The maximum atomic E-state index is 10.7. The number of carboxylic acid groups (broad SMARTS) is 1. The molecule has 0 aliphatic rings. The van der Waals surface area contributed by atoms with Crippen molar-refractivity contribution in [1.82, 2.24) is 9.97 Å². The van der Waals surface area contributed by atoms with Crippen molar-refractivity contribution in [2.24, 2.45) is 5.92 Å². The maximum Gasteiger partial charge on any atom is 0.313 e. The second-order valence-electron chi connectivity index (χ2n) is 5.24. The van der Waals surface area contributed by atoms with Crippen LogP contribution in [0.15, 0.2) is 28.9 Å². The van der Waals surface area contributed by atoms with Gasteiger partial charge in [0.15, 0.2) is 5.16 Å². The van der Waals surface area contributed by atoms with E-state index in [1.54, 1.807) is 17.5 Å². The molecule has 118 valence electrons. The summed E-state index contributed by atoms with van der Waals surface area (Å²) in [5.41, 5.74) is 1.03. The van der Waals surface area contributed by atoms with Crippen LogP contribution in [0.3, 0.4) is 0 Å². The van der Waals surface area contributed by atoms with Crippen LogP contribution in [0.5, 0.6) is 0 Å². The first-order chi connectivity index (χ1) is 10.5. The molecule has 0 unspecified atom stereocenters. The lowest BCUT2D eigenvalue weighted by Crippen LogP contribution is -2.12. The highest BCUT2D eigenvalue weighted by molar-refractivity contribution is 7.99. The Bertz CT molecular complexity index is 615. The van der Waals surface area contributed by atoms with Gasteiger partial charge in [-0.05, 0) is 17.4 Å². The van der Waals surface area contributed by atoms with Gasteiger partial charge in [-0.15, -0.1) is 11.3 Å². The molecule has 0 aromatic carbocycles. The van der Waals surface area contributed by atoms with Gasteiger partial charge in [0.05, 0.1) is 5.75 Å². The molecule has 2 aromatic rings. The Morgan fingerprint density at radius 1 is 1.50 bits per heavy atom. The zero-order valence-corrected chi connectivity index (χ0v) is 14.2. The van der Waals surface area contributed by atoms with Gasteiger partial charge in [-0.3, -0.25) is 4.79 Å². The van der Waals surface area contributed by atoms with E-state index in [0.717, 1.165) is 36.1 Å². The van der Waals surface area contributed by atoms with Crippen LogP contribution < -0.4 is 5.32 Å². The lowest BCUT2D eigenvalue weighted by molar-refractivity contribution is -0.133. The number of carboxylic acids is 1. The van der Waals surface area contributed by atoms with Gasteiger partial charge in [0.25, 0.3) is 0 Å². The summed E-state index contributed by atoms with van der Waals surface area (Å²) >= 11 is 2.84. The van der Waals surface area contributed by atoms with Crippen molar-refractivity contribution in [3.8, 4) is 0 Å². The van der Waals surface area contributed by atoms with E-state index in [2.05, 4.69) is 40.6 Å². The molecule has 5 nitrogen and oxygen atoms in total. The number of hydrogen-bond acceptors (Lipinski definition) is 6. The third-order valence-corrected chi connectivity index (χ3v) is 4.51. The Balaban J connectivity index is 2.16. The normalized spacial score (nSPS) is 10.9. The molecule has 0 radical (unpaired) electrons. The first-order valence-electron chi connectivity index (χ1n) is 7.01. The molecule has 0 fully saturated rings. The van der Waals surface area contributed by atoms with Crippen LogP contribution in [-0.4, -0.2) is 33.3 Å². The number of hydrogen-bond donors (Lipinski definition) is 2. The summed E-state index contributed by atoms with van der Waals surface area (Å²) in [6, 6.07) is 4.11. The molecule has 0 atom stereocenters. The van der Waals surface area contributed by atoms with Gasteiger partial charge in [0, 0.05) is 29.6 Å². The number of thioether (sulfide) groups is 1. The quantitative estimate of drug-likeness (QED) is 0.568. The predicted octanol–water partition coefficient (Wildman–Crippen LogP) is 3.37. The molecular weight excluding hydrogens is 318 g/mol. The highest BCUT2D eigenvalue weighted by Crippen LogP contribution is 2.23. The van der Waals surface area contributed by atoms with Gasteiger partial charge in [-0.1, -0.05) is 31.7 Å². The van der Waals surface area contributed by atoms with E-state index in [0.29, 0.717) is 11.1 Å². The van der Waals surface area contributed by atoms with Gasteiger partial charge < -0.3 is 10.4 Å². The molecule has 22 heavy (non-hydrogen) atoms. The summed E-state index contributed by atoms with van der Waals surface area (Å²) in [4.78, 5) is 20.7. The molecule has 0 bridgehead atoms. The van der Waals surface area contributed by atoms with Gasteiger partial charge in [0.1, 0.15) is 5.82 Å². The van der Waals surface area contributed by atoms with Crippen LogP contribution in [0.25, 0.3) is 0 Å². The Morgan fingerprint density at radius 3 is 2.95 bits per heavy atom. The highest BCUT2D eigenvalue weighted by Gasteiger charge is 2.11. The van der Waals surface area contributed by atoms with E-state index >= 15 is 0 Å². The minimum atomic E-state index is -0.868. The fourth-order valence-corrected chi connectivity index (χ4v) is 3.03. The van der Waals surface area contributed by atoms with Gasteiger partial charge in [-0.2, -0.15) is 0 Å². The number of thiophene rings is 1. The van der Waals surface area contributed by atoms with Crippen molar-refractivity contribution in [1.29, 1.82) is 0 Å². The first kappa shape index (κ1) is 16.8. The fourth-order valence-electron chi connectivity index (χ4n) is 1.77. The Hall–Kier alpha value is -1.60. The zero-order valence-electron chi connectivity index (χ0n) is 12.6. The van der Waals surface area contributed by atoms with Crippen molar-refractivity contribution < 1.29 is 9.90 Å². The number of carbonyl (C=O) groups is 1. The molecule has 0 aliphatic heterocycles. The van der Waals surface area contributed by atoms with Crippen LogP contribution in [0, 0.1) is 5.92 Å². The molecule has 0 saturated carbocycles. The largest absolute Gasteiger partial charge is 0.481 e. The third-order valence-electron chi connectivity index (χ3n) is 2.79. The van der Waals surface area contributed by atoms with Crippen LogP contribution in [0.4, 0.5) is 5.82 Å². The SMILES string of the molecule is CC(C)CNc1nc(SCC(=O)O)ncc1Cc1cccs1. The first-order valence-corrected chi connectivity index (χ1v) is 8.88. The third kappa shape index (κ3) is 5.31. The van der Waals surface area contributed by atoms with E-state index in [1.165, 1.54) is 4.88 Å². The fraction of sp³-hybridized carbons (Fsp3) is 0.400. The van der Waals surface area contributed by atoms with Crippen molar-refractivity contribution in [3.05, 3.63) is 34.2 Å². The van der Waals surface area contributed by atoms with Crippen molar-refractivity contribution in [3.63, 3.8) is 0 Å². The molecule has 0 amide bonds. The Morgan fingerprint density at radius 2 is 2.32 bits per heavy atom. The summed E-state index contributed by atoms with van der Waals surface area (Å²) in [6.07, 6.45) is 2.57.